The minimum atomic E-state index is -0.780. The number of carboxylic acids is 1. The highest BCUT2D eigenvalue weighted by molar-refractivity contribution is 5.84. The molecule has 1 aromatic rings. The van der Waals surface area contributed by atoms with Crippen LogP contribution in [0.15, 0.2) is 30.3 Å². The smallest absolute Gasteiger partial charge is 0.307 e. The molecule has 1 rings (SSSR count). The number of hydrogen-bond acceptors (Lipinski definition) is 1. The molecule has 1 N–H and O–H groups in total. The highest BCUT2D eigenvalue weighted by Crippen LogP contribution is 2.22. The van der Waals surface area contributed by atoms with Crippen molar-refractivity contribution in [1.82, 2.24) is 0 Å². The molecular weight excluding hydrogens is 188 g/mol. The first-order chi connectivity index (χ1) is 7.15. The molecule has 0 heterocycles. The summed E-state index contributed by atoms with van der Waals surface area (Å²) < 4.78 is 0. The van der Waals surface area contributed by atoms with E-state index in [0.29, 0.717) is 0 Å². The third kappa shape index (κ3) is 3.24. The van der Waals surface area contributed by atoms with Crippen molar-refractivity contribution in [1.29, 1.82) is 0 Å². The summed E-state index contributed by atoms with van der Waals surface area (Å²) in [6, 6.07) is 7.87. The Morgan fingerprint density at radius 2 is 2.07 bits per heavy atom. The molecule has 0 spiro atoms. The summed E-state index contributed by atoms with van der Waals surface area (Å²) >= 11 is 0. The average molecular weight is 204 g/mol. The molecule has 0 saturated heterocycles. The fraction of sp³-hybridized carbons (Fsp3) is 0.308. The number of aryl methyl sites for hydroxylation is 1. The summed E-state index contributed by atoms with van der Waals surface area (Å²) in [5, 5.41) is 8.82. The molecule has 0 saturated carbocycles. The number of carboxylic acid groups (broad SMARTS) is 1. The molecule has 0 radical (unpaired) electrons. The van der Waals surface area contributed by atoms with Crippen LogP contribution in [0.5, 0.6) is 0 Å². The number of aliphatic carboxylic acids is 1. The quantitative estimate of drug-likeness (QED) is 0.817. The van der Waals surface area contributed by atoms with Gasteiger partial charge in [-0.3, -0.25) is 4.79 Å². The first-order valence-corrected chi connectivity index (χ1v) is 5.12. The van der Waals surface area contributed by atoms with Crippen LogP contribution in [0.25, 0.3) is 5.57 Å². The van der Waals surface area contributed by atoms with Gasteiger partial charge in [-0.05, 0) is 30.0 Å². The molecular formula is C13H16O2. The second-order valence-corrected chi connectivity index (χ2v) is 3.52. The lowest BCUT2D eigenvalue weighted by Gasteiger charge is -2.08. The van der Waals surface area contributed by atoms with Gasteiger partial charge in [-0.15, -0.1) is 0 Å². The highest BCUT2D eigenvalue weighted by atomic mass is 16.4. The van der Waals surface area contributed by atoms with Crippen LogP contribution in [-0.4, -0.2) is 11.1 Å². The molecule has 0 aromatic heterocycles. The van der Waals surface area contributed by atoms with Gasteiger partial charge in [0.05, 0.1) is 6.42 Å². The van der Waals surface area contributed by atoms with Gasteiger partial charge < -0.3 is 5.11 Å². The lowest BCUT2D eigenvalue weighted by atomic mass is 9.97. The summed E-state index contributed by atoms with van der Waals surface area (Å²) in [5.74, 6) is -0.780. The first kappa shape index (κ1) is 11.5. The Kier molecular flexibility index (Phi) is 4.10. The highest BCUT2D eigenvalue weighted by Gasteiger charge is 2.07. The van der Waals surface area contributed by atoms with Gasteiger partial charge in [0, 0.05) is 0 Å². The van der Waals surface area contributed by atoms with Crippen molar-refractivity contribution in [2.45, 2.75) is 26.7 Å². The zero-order valence-corrected chi connectivity index (χ0v) is 9.16. The van der Waals surface area contributed by atoms with Gasteiger partial charge in [-0.2, -0.15) is 0 Å². The molecule has 0 amide bonds. The lowest BCUT2D eigenvalue weighted by molar-refractivity contribution is -0.135. The van der Waals surface area contributed by atoms with Crippen molar-refractivity contribution in [3.05, 3.63) is 41.5 Å². The number of hydrogen-bond donors (Lipinski definition) is 1. The van der Waals surface area contributed by atoms with Crippen LogP contribution in [0.4, 0.5) is 0 Å². The minimum absolute atomic E-state index is 0.0959. The Balaban J connectivity index is 3.05. The molecule has 2 heteroatoms. The summed E-state index contributed by atoms with van der Waals surface area (Å²) in [5.41, 5.74) is 3.07. The Morgan fingerprint density at radius 3 is 2.60 bits per heavy atom. The summed E-state index contributed by atoms with van der Waals surface area (Å²) in [6.45, 7) is 4.01. The van der Waals surface area contributed by atoms with Crippen molar-refractivity contribution < 1.29 is 9.90 Å². The van der Waals surface area contributed by atoms with Crippen molar-refractivity contribution in [2.24, 2.45) is 0 Å². The molecule has 0 unspecified atom stereocenters. The number of carbonyl (C=O) groups is 1. The molecule has 0 bridgehead atoms. The maximum atomic E-state index is 10.7. The van der Waals surface area contributed by atoms with Gasteiger partial charge in [0.25, 0.3) is 0 Å². The molecule has 2 nitrogen and oxygen atoms in total. The van der Waals surface area contributed by atoms with Crippen LogP contribution in [0.2, 0.25) is 0 Å². The number of benzene rings is 1. The largest absolute Gasteiger partial charge is 0.481 e. The Labute approximate surface area is 90.3 Å². The van der Waals surface area contributed by atoms with Gasteiger partial charge in [-0.25, -0.2) is 0 Å². The van der Waals surface area contributed by atoms with E-state index in [4.69, 9.17) is 5.11 Å². The second kappa shape index (κ2) is 5.35. The third-order valence-corrected chi connectivity index (χ3v) is 2.28. The fourth-order valence-corrected chi connectivity index (χ4v) is 1.62. The maximum absolute atomic E-state index is 10.7. The first-order valence-electron chi connectivity index (χ1n) is 5.12. The van der Waals surface area contributed by atoms with E-state index in [1.165, 1.54) is 0 Å². The summed E-state index contributed by atoms with van der Waals surface area (Å²) in [7, 11) is 0. The molecule has 15 heavy (non-hydrogen) atoms. The Morgan fingerprint density at radius 1 is 1.40 bits per heavy atom. The zero-order chi connectivity index (χ0) is 11.3. The molecule has 1 aromatic carbocycles. The van der Waals surface area contributed by atoms with Crippen molar-refractivity contribution in [3.8, 4) is 0 Å². The molecule has 0 fully saturated rings. The summed E-state index contributed by atoms with van der Waals surface area (Å²) in [6.07, 6.45) is 2.94. The Hall–Kier alpha value is -1.57. The van der Waals surface area contributed by atoms with Gasteiger partial charge in [-0.1, -0.05) is 37.3 Å². The van der Waals surface area contributed by atoms with E-state index in [2.05, 4.69) is 0 Å². The predicted octanol–water partition coefficient (Wildman–Crippen LogP) is 3.26. The van der Waals surface area contributed by atoms with Crippen molar-refractivity contribution >= 4 is 11.5 Å². The standard InChI is InChI=1S/C13H16O2/c1-3-6-11(9-13(14)15)12-8-5-4-7-10(12)2/h4-8H,3,9H2,1-2H3,(H,14,15)/b11-6-. The SMILES string of the molecule is CC/C=C(/CC(=O)O)c1ccccc1C. The van der Waals surface area contributed by atoms with Crippen LogP contribution < -0.4 is 0 Å². The van der Waals surface area contributed by atoms with Gasteiger partial charge in [0.2, 0.25) is 0 Å². The summed E-state index contributed by atoms with van der Waals surface area (Å²) in [4.78, 5) is 10.7. The van der Waals surface area contributed by atoms with Gasteiger partial charge in [0.15, 0.2) is 0 Å². The molecule has 80 valence electrons. The van der Waals surface area contributed by atoms with Crippen LogP contribution >= 0.6 is 0 Å². The van der Waals surface area contributed by atoms with E-state index in [1.54, 1.807) is 0 Å². The fourth-order valence-electron chi connectivity index (χ4n) is 1.62. The molecule has 0 aliphatic carbocycles. The van der Waals surface area contributed by atoms with E-state index in [1.807, 2.05) is 44.2 Å². The van der Waals surface area contributed by atoms with Crippen molar-refractivity contribution in [2.75, 3.05) is 0 Å². The van der Waals surface area contributed by atoms with E-state index >= 15 is 0 Å². The lowest BCUT2D eigenvalue weighted by Crippen LogP contribution is -1.98. The van der Waals surface area contributed by atoms with E-state index in [9.17, 15) is 4.79 Å². The third-order valence-electron chi connectivity index (χ3n) is 2.28. The predicted molar refractivity (Wildman–Crippen MR) is 61.7 cm³/mol. The number of rotatable bonds is 4. The average Bonchev–Trinajstić information content (AvgIpc) is 2.17. The molecule has 0 aliphatic heterocycles. The second-order valence-electron chi connectivity index (χ2n) is 3.52. The van der Waals surface area contributed by atoms with Crippen molar-refractivity contribution in [3.63, 3.8) is 0 Å². The maximum Gasteiger partial charge on any atom is 0.307 e. The van der Waals surface area contributed by atoms with Gasteiger partial charge in [0.1, 0.15) is 0 Å². The normalized spacial score (nSPS) is 11.5. The topological polar surface area (TPSA) is 37.3 Å². The molecule has 0 aliphatic rings. The van der Waals surface area contributed by atoms with Crippen LogP contribution in [0.3, 0.4) is 0 Å². The van der Waals surface area contributed by atoms with Crippen LogP contribution in [-0.2, 0) is 4.79 Å². The van der Waals surface area contributed by atoms with Crippen LogP contribution in [0, 0.1) is 6.92 Å². The van der Waals surface area contributed by atoms with Gasteiger partial charge >= 0.3 is 5.97 Å². The van der Waals surface area contributed by atoms with E-state index in [-0.39, 0.29) is 6.42 Å². The van der Waals surface area contributed by atoms with E-state index < -0.39 is 5.97 Å². The van der Waals surface area contributed by atoms with E-state index in [0.717, 1.165) is 23.1 Å². The zero-order valence-electron chi connectivity index (χ0n) is 9.16. The monoisotopic (exact) mass is 204 g/mol. The minimum Gasteiger partial charge on any atom is -0.481 e. The number of allylic oxidation sites excluding steroid dienone is 1. The molecule has 0 atom stereocenters. The van der Waals surface area contributed by atoms with Crippen LogP contribution in [0.1, 0.15) is 30.9 Å². The Bertz CT molecular complexity index is 378.